The van der Waals surface area contributed by atoms with Gasteiger partial charge in [0.1, 0.15) is 5.75 Å². The highest BCUT2D eigenvalue weighted by molar-refractivity contribution is 9.09. The van der Waals surface area contributed by atoms with Gasteiger partial charge in [-0.15, -0.1) is 0 Å². The molecular formula is C11H13BrO2. The first-order valence-electron chi connectivity index (χ1n) is 4.71. The molecule has 2 rings (SSSR count). The quantitative estimate of drug-likeness (QED) is 0.758. The molecule has 0 N–H and O–H groups in total. The van der Waals surface area contributed by atoms with Crippen LogP contribution in [0.1, 0.15) is 18.1 Å². The monoisotopic (exact) mass is 256 g/mol. The summed E-state index contributed by atoms with van der Waals surface area (Å²) in [6.07, 6.45) is 1.28. The maximum atomic E-state index is 5.64. The van der Waals surface area contributed by atoms with Crippen LogP contribution in [0, 0.1) is 0 Å². The van der Waals surface area contributed by atoms with Gasteiger partial charge in [-0.2, -0.15) is 0 Å². The van der Waals surface area contributed by atoms with E-state index in [0.29, 0.717) is 4.83 Å². The molecule has 14 heavy (non-hydrogen) atoms. The SMILES string of the molecule is COc1ccc(C2OCCC2Br)cc1. The van der Waals surface area contributed by atoms with Crippen LogP contribution >= 0.6 is 15.9 Å². The van der Waals surface area contributed by atoms with E-state index in [2.05, 4.69) is 28.1 Å². The van der Waals surface area contributed by atoms with E-state index in [1.807, 2.05) is 12.1 Å². The van der Waals surface area contributed by atoms with E-state index in [1.165, 1.54) is 5.56 Å². The summed E-state index contributed by atoms with van der Waals surface area (Å²) in [5, 5.41) is 0. The molecule has 76 valence electrons. The number of benzene rings is 1. The number of alkyl halides is 1. The zero-order chi connectivity index (χ0) is 9.97. The Morgan fingerprint density at radius 1 is 1.36 bits per heavy atom. The average molecular weight is 257 g/mol. The van der Waals surface area contributed by atoms with Gasteiger partial charge in [0.05, 0.1) is 13.2 Å². The Hall–Kier alpha value is -0.540. The van der Waals surface area contributed by atoms with Crippen LogP contribution in [0.5, 0.6) is 5.75 Å². The highest BCUT2D eigenvalue weighted by Gasteiger charge is 2.27. The molecule has 1 aromatic carbocycles. The largest absolute Gasteiger partial charge is 0.497 e. The number of methoxy groups -OCH3 is 1. The number of hydrogen-bond donors (Lipinski definition) is 0. The molecule has 0 aromatic heterocycles. The van der Waals surface area contributed by atoms with Crippen LogP contribution in [0.3, 0.4) is 0 Å². The van der Waals surface area contributed by atoms with E-state index in [9.17, 15) is 0 Å². The molecule has 0 radical (unpaired) electrons. The Morgan fingerprint density at radius 3 is 2.57 bits per heavy atom. The first-order chi connectivity index (χ1) is 6.81. The van der Waals surface area contributed by atoms with Crippen molar-refractivity contribution in [2.24, 2.45) is 0 Å². The lowest BCUT2D eigenvalue weighted by Crippen LogP contribution is -2.05. The minimum atomic E-state index is 0.195. The van der Waals surface area contributed by atoms with Gasteiger partial charge in [0.25, 0.3) is 0 Å². The summed E-state index contributed by atoms with van der Waals surface area (Å²) >= 11 is 3.62. The zero-order valence-electron chi connectivity index (χ0n) is 8.07. The molecule has 1 aliphatic heterocycles. The molecule has 1 fully saturated rings. The van der Waals surface area contributed by atoms with Gasteiger partial charge in [0, 0.05) is 11.4 Å². The van der Waals surface area contributed by atoms with Crippen LogP contribution in [-0.2, 0) is 4.74 Å². The minimum Gasteiger partial charge on any atom is -0.497 e. The summed E-state index contributed by atoms with van der Waals surface area (Å²) in [5.74, 6) is 0.887. The topological polar surface area (TPSA) is 18.5 Å². The Kier molecular flexibility index (Phi) is 3.08. The van der Waals surface area contributed by atoms with Gasteiger partial charge < -0.3 is 9.47 Å². The fourth-order valence-electron chi connectivity index (χ4n) is 1.66. The van der Waals surface area contributed by atoms with Gasteiger partial charge in [-0.3, -0.25) is 0 Å². The summed E-state index contributed by atoms with van der Waals surface area (Å²) in [6, 6.07) is 8.06. The molecule has 1 aliphatic rings. The molecule has 2 atom stereocenters. The minimum absolute atomic E-state index is 0.195. The molecule has 0 saturated carbocycles. The normalized spacial score (nSPS) is 26.4. The Labute approximate surface area is 92.3 Å². The predicted octanol–water partition coefficient (Wildman–Crippen LogP) is 2.92. The third-order valence-electron chi connectivity index (χ3n) is 2.46. The van der Waals surface area contributed by atoms with Crippen molar-refractivity contribution < 1.29 is 9.47 Å². The number of halogens is 1. The first kappa shape index (κ1) is 9.99. The second kappa shape index (κ2) is 4.32. The van der Waals surface area contributed by atoms with Gasteiger partial charge in [0.15, 0.2) is 0 Å². The summed E-state index contributed by atoms with van der Waals surface area (Å²) in [4.78, 5) is 0.441. The van der Waals surface area contributed by atoms with Gasteiger partial charge in [-0.05, 0) is 24.1 Å². The van der Waals surface area contributed by atoms with Crippen molar-refractivity contribution in [1.29, 1.82) is 0 Å². The lowest BCUT2D eigenvalue weighted by Gasteiger charge is -2.13. The number of rotatable bonds is 2. The van der Waals surface area contributed by atoms with Crippen LogP contribution in [0.15, 0.2) is 24.3 Å². The van der Waals surface area contributed by atoms with E-state index in [-0.39, 0.29) is 6.10 Å². The van der Waals surface area contributed by atoms with Crippen molar-refractivity contribution >= 4 is 15.9 Å². The van der Waals surface area contributed by atoms with E-state index in [4.69, 9.17) is 9.47 Å². The predicted molar refractivity (Wildman–Crippen MR) is 59.0 cm³/mol. The molecule has 0 aliphatic carbocycles. The Morgan fingerprint density at radius 2 is 2.07 bits per heavy atom. The number of ether oxygens (including phenoxy) is 2. The molecule has 0 spiro atoms. The Balaban J connectivity index is 2.16. The van der Waals surface area contributed by atoms with Crippen molar-refractivity contribution in [3.63, 3.8) is 0 Å². The summed E-state index contributed by atoms with van der Waals surface area (Å²) in [5.41, 5.74) is 1.21. The third-order valence-corrected chi connectivity index (χ3v) is 3.40. The molecular weight excluding hydrogens is 244 g/mol. The third kappa shape index (κ3) is 1.93. The van der Waals surface area contributed by atoms with Gasteiger partial charge in [-0.25, -0.2) is 0 Å². The van der Waals surface area contributed by atoms with Gasteiger partial charge in [-0.1, -0.05) is 28.1 Å². The van der Waals surface area contributed by atoms with Crippen molar-refractivity contribution in [3.05, 3.63) is 29.8 Å². The van der Waals surface area contributed by atoms with Crippen molar-refractivity contribution in [2.75, 3.05) is 13.7 Å². The van der Waals surface area contributed by atoms with Gasteiger partial charge in [0.2, 0.25) is 0 Å². The van der Waals surface area contributed by atoms with Crippen LogP contribution in [0.4, 0.5) is 0 Å². The standard InChI is InChI=1S/C11H13BrO2/c1-13-9-4-2-8(3-5-9)11-10(12)6-7-14-11/h2-5,10-11H,6-7H2,1H3. The second-order valence-electron chi connectivity index (χ2n) is 3.37. The summed E-state index contributed by atoms with van der Waals surface area (Å²) < 4.78 is 10.7. The molecule has 0 amide bonds. The van der Waals surface area contributed by atoms with Crippen LogP contribution in [0.2, 0.25) is 0 Å². The highest BCUT2D eigenvalue weighted by Crippen LogP contribution is 2.34. The highest BCUT2D eigenvalue weighted by atomic mass is 79.9. The molecule has 0 bridgehead atoms. The Bertz CT molecular complexity index is 297. The molecule has 1 heterocycles. The lowest BCUT2D eigenvalue weighted by atomic mass is 10.1. The van der Waals surface area contributed by atoms with Crippen molar-refractivity contribution in [2.45, 2.75) is 17.4 Å². The van der Waals surface area contributed by atoms with Gasteiger partial charge >= 0.3 is 0 Å². The second-order valence-corrected chi connectivity index (χ2v) is 4.55. The molecule has 3 heteroatoms. The fourth-order valence-corrected chi connectivity index (χ4v) is 2.31. The summed E-state index contributed by atoms with van der Waals surface area (Å²) in [7, 11) is 1.67. The molecule has 2 nitrogen and oxygen atoms in total. The number of hydrogen-bond acceptors (Lipinski definition) is 2. The van der Waals surface area contributed by atoms with Crippen LogP contribution in [0.25, 0.3) is 0 Å². The molecule has 2 unspecified atom stereocenters. The van der Waals surface area contributed by atoms with Crippen LogP contribution < -0.4 is 4.74 Å². The van der Waals surface area contributed by atoms with E-state index in [0.717, 1.165) is 18.8 Å². The first-order valence-corrected chi connectivity index (χ1v) is 5.62. The van der Waals surface area contributed by atoms with Crippen molar-refractivity contribution in [1.82, 2.24) is 0 Å². The zero-order valence-corrected chi connectivity index (χ0v) is 9.66. The van der Waals surface area contributed by atoms with Crippen molar-refractivity contribution in [3.8, 4) is 5.75 Å². The maximum Gasteiger partial charge on any atom is 0.118 e. The smallest absolute Gasteiger partial charge is 0.118 e. The van der Waals surface area contributed by atoms with E-state index < -0.39 is 0 Å². The molecule has 1 saturated heterocycles. The fraction of sp³-hybridized carbons (Fsp3) is 0.455. The van der Waals surface area contributed by atoms with Crippen LogP contribution in [-0.4, -0.2) is 18.5 Å². The maximum absolute atomic E-state index is 5.64. The molecule has 1 aromatic rings. The average Bonchev–Trinajstić information content (AvgIpc) is 2.65. The summed E-state index contributed by atoms with van der Waals surface area (Å²) in [6.45, 7) is 0.840. The van der Waals surface area contributed by atoms with E-state index in [1.54, 1.807) is 7.11 Å². The van der Waals surface area contributed by atoms with E-state index >= 15 is 0 Å². The lowest BCUT2D eigenvalue weighted by molar-refractivity contribution is 0.114.